The van der Waals surface area contributed by atoms with Gasteiger partial charge in [-0.15, -0.1) is 0 Å². The van der Waals surface area contributed by atoms with Crippen molar-refractivity contribution in [3.05, 3.63) is 20.8 Å². The number of halogens is 1. The van der Waals surface area contributed by atoms with Crippen LogP contribution in [0.1, 0.15) is 48.9 Å². The van der Waals surface area contributed by atoms with Gasteiger partial charge in [-0.25, -0.2) is 0 Å². The molecule has 0 aliphatic heterocycles. The molecule has 0 radical (unpaired) electrons. The summed E-state index contributed by atoms with van der Waals surface area (Å²) in [6.45, 7) is 0. The SMILES string of the molecule is O=C(CCC1CCCC1)c1cscc1Br. The standard InChI is InChI=1S/C12H15BrOS/c13-11-8-15-7-10(11)12(14)6-5-9-3-1-2-4-9/h7-9H,1-6H2. The van der Waals surface area contributed by atoms with Gasteiger partial charge in [-0.3, -0.25) is 4.79 Å². The van der Waals surface area contributed by atoms with Crippen molar-refractivity contribution in [3.63, 3.8) is 0 Å². The third kappa shape index (κ3) is 2.91. The Morgan fingerprint density at radius 1 is 1.40 bits per heavy atom. The Bertz CT molecular complexity index is 339. The minimum absolute atomic E-state index is 0.301. The summed E-state index contributed by atoms with van der Waals surface area (Å²) in [5.74, 6) is 1.11. The first-order valence-corrected chi connectivity index (χ1v) is 7.26. The van der Waals surface area contributed by atoms with Crippen LogP contribution in [-0.4, -0.2) is 5.78 Å². The van der Waals surface area contributed by atoms with Crippen molar-refractivity contribution in [3.8, 4) is 0 Å². The van der Waals surface area contributed by atoms with E-state index in [1.165, 1.54) is 25.7 Å². The molecule has 82 valence electrons. The van der Waals surface area contributed by atoms with Crippen molar-refractivity contribution in [1.82, 2.24) is 0 Å². The summed E-state index contributed by atoms with van der Waals surface area (Å²) in [6.07, 6.45) is 7.19. The summed E-state index contributed by atoms with van der Waals surface area (Å²) in [7, 11) is 0. The van der Waals surface area contributed by atoms with E-state index in [4.69, 9.17) is 0 Å². The van der Waals surface area contributed by atoms with Gasteiger partial charge in [-0.05, 0) is 28.3 Å². The fourth-order valence-electron chi connectivity index (χ4n) is 2.25. The van der Waals surface area contributed by atoms with E-state index in [0.717, 1.165) is 28.8 Å². The molecule has 0 unspecified atom stereocenters. The molecule has 0 saturated heterocycles. The Morgan fingerprint density at radius 3 is 2.73 bits per heavy atom. The summed E-state index contributed by atoms with van der Waals surface area (Å²) in [4.78, 5) is 11.9. The van der Waals surface area contributed by atoms with E-state index in [9.17, 15) is 4.79 Å². The molecular formula is C12H15BrOS. The van der Waals surface area contributed by atoms with E-state index in [0.29, 0.717) is 5.78 Å². The second kappa shape index (κ2) is 5.26. The highest BCUT2D eigenvalue weighted by Gasteiger charge is 2.17. The van der Waals surface area contributed by atoms with E-state index < -0.39 is 0 Å². The van der Waals surface area contributed by atoms with Gasteiger partial charge in [0.05, 0.1) is 0 Å². The molecule has 1 aliphatic carbocycles. The fourth-order valence-corrected chi connectivity index (χ4v) is 3.77. The van der Waals surface area contributed by atoms with Crippen molar-refractivity contribution in [1.29, 1.82) is 0 Å². The summed E-state index contributed by atoms with van der Waals surface area (Å²) in [6, 6.07) is 0. The average Bonchev–Trinajstić information content (AvgIpc) is 2.84. The molecule has 1 aliphatic rings. The summed E-state index contributed by atoms with van der Waals surface area (Å²) in [5.41, 5.74) is 0.873. The molecule has 0 aromatic carbocycles. The number of hydrogen-bond acceptors (Lipinski definition) is 2. The molecule has 0 atom stereocenters. The van der Waals surface area contributed by atoms with E-state index >= 15 is 0 Å². The van der Waals surface area contributed by atoms with Gasteiger partial charge in [0.25, 0.3) is 0 Å². The van der Waals surface area contributed by atoms with Crippen LogP contribution in [0, 0.1) is 5.92 Å². The van der Waals surface area contributed by atoms with Gasteiger partial charge in [0.15, 0.2) is 5.78 Å². The second-order valence-electron chi connectivity index (χ2n) is 4.25. The summed E-state index contributed by atoms with van der Waals surface area (Å²) >= 11 is 4.99. The van der Waals surface area contributed by atoms with Crippen molar-refractivity contribution >= 4 is 33.0 Å². The van der Waals surface area contributed by atoms with Gasteiger partial charge in [-0.1, -0.05) is 25.7 Å². The van der Waals surface area contributed by atoms with Crippen LogP contribution in [-0.2, 0) is 0 Å². The lowest BCUT2D eigenvalue weighted by atomic mass is 9.98. The van der Waals surface area contributed by atoms with Crippen molar-refractivity contribution in [2.75, 3.05) is 0 Å². The molecule has 1 aromatic heterocycles. The Hall–Kier alpha value is -0.150. The van der Waals surface area contributed by atoms with Gasteiger partial charge in [0, 0.05) is 27.2 Å². The van der Waals surface area contributed by atoms with Crippen molar-refractivity contribution in [2.45, 2.75) is 38.5 Å². The van der Waals surface area contributed by atoms with Crippen LogP contribution in [0.25, 0.3) is 0 Å². The van der Waals surface area contributed by atoms with Crippen LogP contribution in [0.2, 0.25) is 0 Å². The topological polar surface area (TPSA) is 17.1 Å². The fraction of sp³-hybridized carbons (Fsp3) is 0.583. The van der Waals surface area contributed by atoms with Crippen LogP contribution >= 0.6 is 27.3 Å². The molecule has 2 rings (SSSR count). The van der Waals surface area contributed by atoms with Crippen LogP contribution in [0.15, 0.2) is 15.2 Å². The number of Topliss-reactive ketones (excluding diaryl/α,β-unsaturated/α-hetero) is 1. The predicted molar refractivity (Wildman–Crippen MR) is 67.5 cm³/mol. The number of hydrogen-bond donors (Lipinski definition) is 0. The second-order valence-corrected chi connectivity index (χ2v) is 5.84. The first-order valence-electron chi connectivity index (χ1n) is 5.52. The minimum atomic E-state index is 0.301. The normalized spacial score (nSPS) is 17.1. The molecule has 1 aromatic rings. The van der Waals surface area contributed by atoms with Crippen molar-refractivity contribution < 1.29 is 4.79 Å². The zero-order valence-corrected chi connectivity index (χ0v) is 11.1. The van der Waals surface area contributed by atoms with Gasteiger partial charge in [-0.2, -0.15) is 11.3 Å². The first-order chi connectivity index (χ1) is 7.27. The highest BCUT2D eigenvalue weighted by atomic mass is 79.9. The third-order valence-electron chi connectivity index (χ3n) is 3.17. The van der Waals surface area contributed by atoms with Crippen LogP contribution in [0.5, 0.6) is 0 Å². The highest BCUT2D eigenvalue weighted by Crippen LogP contribution is 2.30. The lowest BCUT2D eigenvalue weighted by Gasteiger charge is -2.06. The Kier molecular flexibility index (Phi) is 3.98. The quantitative estimate of drug-likeness (QED) is 0.736. The molecule has 0 bridgehead atoms. The molecular weight excluding hydrogens is 272 g/mol. The Labute approximate surface area is 103 Å². The van der Waals surface area contributed by atoms with Crippen molar-refractivity contribution in [2.24, 2.45) is 5.92 Å². The zero-order chi connectivity index (χ0) is 10.7. The minimum Gasteiger partial charge on any atom is -0.294 e. The molecule has 0 spiro atoms. The molecule has 0 N–H and O–H groups in total. The zero-order valence-electron chi connectivity index (χ0n) is 8.67. The van der Waals surface area contributed by atoms with E-state index in [-0.39, 0.29) is 0 Å². The van der Waals surface area contributed by atoms with Crippen LogP contribution in [0.3, 0.4) is 0 Å². The van der Waals surface area contributed by atoms with Gasteiger partial charge < -0.3 is 0 Å². The average molecular weight is 287 g/mol. The Morgan fingerprint density at radius 2 is 2.13 bits per heavy atom. The van der Waals surface area contributed by atoms with E-state index in [1.54, 1.807) is 11.3 Å². The predicted octanol–water partition coefficient (Wildman–Crippen LogP) is 4.66. The molecule has 1 saturated carbocycles. The maximum Gasteiger partial charge on any atom is 0.164 e. The molecule has 1 fully saturated rings. The number of ketones is 1. The summed E-state index contributed by atoms with van der Waals surface area (Å²) in [5, 5.41) is 3.92. The van der Waals surface area contributed by atoms with Crippen LogP contribution in [0.4, 0.5) is 0 Å². The number of carbonyl (C=O) groups excluding carboxylic acids is 1. The lowest BCUT2D eigenvalue weighted by Crippen LogP contribution is -2.02. The largest absolute Gasteiger partial charge is 0.294 e. The molecule has 1 nitrogen and oxygen atoms in total. The van der Waals surface area contributed by atoms with E-state index in [2.05, 4.69) is 15.9 Å². The maximum absolute atomic E-state index is 11.9. The van der Waals surface area contributed by atoms with Gasteiger partial charge in [0.1, 0.15) is 0 Å². The van der Waals surface area contributed by atoms with Gasteiger partial charge >= 0.3 is 0 Å². The monoisotopic (exact) mass is 286 g/mol. The highest BCUT2D eigenvalue weighted by molar-refractivity contribution is 9.10. The lowest BCUT2D eigenvalue weighted by molar-refractivity contribution is 0.0973. The van der Waals surface area contributed by atoms with Crippen LogP contribution < -0.4 is 0 Å². The molecule has 15 heavy (non-hydrogen) atoms. The molecule has 1 heterocycles. The maximum atomic E-state index is 11.9. The molecule has 3 heteroatoms. The first kappa shape index (κ1) is 11.3. The third-order valence-corrected chi connectivity index (χ3v) is 4.87. The van der Waals surface area contributed by atoms with Gasteiger partial charge in [0.2, 0.25) is 0 Å². The number of carbonyl (C=O) groups is 1. The number of thiophene rings is 1. The van der Waals surface area contributed by atoms with E-state index in [1.807, 2.05) is 10.8 Å². The molecule has 0 amide bonds. The summed E-state index contributed by atoms with van der Waals surface area (Å²) < 4.78 is 0.962. The Balaban J connectivity index is 1.84. The smallest absolute Gasteiger partial charge is 0.164 e. The number of rotatable bonds is 4.